The van der Waals surface area contributed by atoms with Gasteiger partial charge in [-0.25, -0.2) is 9.59 Å². The molecule has 0 radical (unpaired) electrons. The highest BCUT2D eigenvalue weighted by molar-refractivity contribution is 6.07. The van der Waals surface area contributed by atoms with Crippen LogP contribution in [0.15, 0.2) is 11.1 Å². The molecule has 0 aliphatic carbocycles. The topological polar surface area (TPSA) is 110 Å². The van der Waals surface area contributed by atoms with Crippen molar-refractivity contribution in [1.82, 2.24) is 10.2 Å². The van der Waals surface area contributed by atoms with Crippen LogP contribution in [0, 0.1) is 11.3 Å². The molecule has 0 aliphatic heterocycles. The van der Waals surface area contributed by atoms with Gasteiger partial charge in [-0.15, -0.1) is 0 Å². The number of nitrogens with zero attached hydrogens (tertiary/aromatic N) is 2. The minimum atomic E-state index is -1.21. The lowest BCUT2D eigenvalue weighted by atomic mass is 10.1. The predicted molar refractivity (Wildman–Crippen MR) is 71.6 cm³/mol. The molecule has 0 saturated carbocycles. The number of carbonyl (C=O) groups is 3. The van der Waals surface area contributed by atoms with E-state index < -0.39 is 17.9 Å². The summed E-state index contributed by atoms with van der Waals surface area (Å²) in [7, 11) is 0. The molecule has 20 heavy (non-hydrogen) atoms. The second-order valence-electron chi connectivity index (χ2n) is 4.51. The molecule has 110 valence electrons. The Balaban J connectivity index is 4.90. The van der Waals surface area contributed by atoms with Gasteiger partial charge in [-0.1, -0.05) is 0 Å². The first-order chi connectivity index (χ1) is 9.22. The number of rotatable bonds is 5. The number of carboxylic acids is 1. The van der Waals surface area contributed by atoms with E-state index in [2.05, 4.69) is 5.32 Å². The Bertz CT molecular complexity index is 474. The van der Waals surface area contributed by atoms with Gasteiger partial charge >= 0.3 is 12.0 Å². The van der Waals surface area contributed by atoms with Crippen molar-refractivity contribution in [2.45, 2.75) is 40.2 Å². The fourth-order valence-corrected chi connectivity index (χ4v) is 1.36. The smallest absolute Gasteiger partial charge is 0.331 e. The monoisotopic (exact) mass is 281 g/mol. The van der Waals surface area contributed by atoms with E-state index in [1.54, 1.807) is 13.8 Å². The molecule has 0 aromatic heterocycles. The van der Waals surface area contributed by atoms with Crippen LogP contribution in [-0.4, -0.2) is 40.5 Å². The zero-order valence-corrected chi connectivity index (χ0v) is 12.1. The highest BCUT2D eigenvalue weighted by Gasteiger charge is 2.21. The van der Waals surface area contributed by atoms with Crippen LogP contribution in [0.3, 0.4) is 0 Å². The van der Waals surface area contributed by atoms with E-state index in [1.165, 1.54) is 18.7 Å². The third-order valence-corrected chi connectivity index (χ3v) is 2.79. The molecule has 0 spiro atoms. The van der Waals surface area contributed by atoms with Crippen LogP contribution < -0.4 is 5.32 Å². The number of hydrogen-bond donors (Lipinski definition) is 2. The van der Waals surface area contributed by atoms with Gasteiger partial charge in [-0.05, 0) is 27.7 Å². The predicted octanol–water partition coefficient (Wildman–Crippen LogP) is 1.27. The van der Waals surface area contributed by atoms with Gasteiger partial charge in [0, 0.05) is 23.7 Å². The summed E-state index contributed by atoms with van der Waals surface area (Å²) in [6.07, 6.45) is 0.156. The lowest BCUT2D eigenvalue weighted by molar-refractivity contribution is -0.133. The van der Waals surface area contributed by atoms with E-state index >= 15 is 0 Å². The fraction of sp³-hybridized carbons (Fsp3) is 0.538. The van der Waals surface area contributed by atoms with E-state index in [-0.39, 0.29) is 30.2 Å². The van der Waals surface area contributed by atoms with Crippen molar-refractivity contribution in [1.29, 1.82) is 5.26 Å². The van der Waals surface area contributed by atoms with E-state index in [0.29, 0.717) is 0 Å². The summed E-state index contributed by atoms with van der Waals surface area (Å²) in [5.74, 6) is -1.96. The second-order valence-corrected chi connectivity index (χ2v) is 4.51. The lowest BCUT2D eigenvalue weighted by Crippen LogP contribution is -2.47. The van der Waals surface area contributed by atoms with E-state index in [9.17, 15) is 14.4 Å². The van der Waals surface area contributed by atoms with Crippen LogP contribution in [0.4, 0.5) is 4.79 Å². The van der Waals surface area contributed by atoms with Crippen LogP contribution in [0.25, 0.3) is 0 Å². The maximum absolute atomic E-state index is 11.9. The van der Waals surface area contributed by atoms with Gasteiger partial charge in [0.25, 0.3) is 5.91 Å². The molecule has 0 heterocycles. The summed E-state index contributed by atoms with van der Waals surface area (Å²) in [4.78, 5) is 35.8. The molecule has 0 fully saturated rings. The fourth-order valence-electron chi connectivity index (χ4n) is 1.36. The van der Waals surface area contributed by atoms with Gasteiger partial charge in [-0.3, -0.25) is 10.1 Å². The lowest BCUT2D eigenvalue weighted by Gasteiger charge is -2.25. The summed E-state index contributed by atoms with van der Waals surface area (Å²) in [5, 5.41) is 19.4. The molecule has 0 aromatic carbocycles. The van der Waals surface area contributed by atoms with E-state index in [1.807, 2.05) is 6.07 Å². The summed E-state index contributed by atoms with van der Waals surface area (Å²) in [6.45, 7) is 6.34. The Morgan fingerprint density at radius 1 is 1.25 bits per heavy atom. The van der Waals surface area contributed by atoms with Crippen LogP contribution in [0.1, 0.15) is 34.1 Å². The molecule has 0 saturated heterocycles. The number of aliphatic carboxylic acids is 1. The number of urea groups is 1. The van der Waals surface area contributed by atoms with Crippen molar-refractivity contribution in [2.24, 2.45) is 0 Å². The molecule has 2 N–H and O–H groups in total. The number of carbonyl (C=O) groups excluding carboxylic acids is 2. The number of imide groups is 1. The summed E-state index contributed by atoms with van der Waals surface area (Å²) >= 11 is 0. The molecule has 0 aromatic rings. The summed E-state index contributed by atoms with van der Waals surface area (Å²) in [6, 6.07) is 1.10. The van der Waals surface area contributed by atoms with E-state index in [4.69, 9.17) is 10.4 Å². The normalized spacial score (nSPS) is 11.4. The largest absolute Gasteiger partial charge is 0.478 e. The van der Waals surface area contributed by atoms with Crippen LogP contribution >= 0.6 is 0 Å². The maximum Gasteiger partial charge on any atom is 0.331 e. The first-order valence-electron chi connectivity index (χ1n) is 6.12. The molecule has 0 bridgehead atoms. The third kappa shape index (κ3) is 5.10. The Kier molecular flexibility index (Phi) is 7.00. The Labute approximate surface area is 117 Å². The molecule has 0 aliphatic rings. The van der Waals surface area contributed by atoms with Gasteiger partial charge in [0.2, 0.25) is 0 Å². The molecule has 7 nitrogen and oxygen atoms in total. The highest BCUT2D eigenvalue weighted by atomic mass is 16.4. The minimum absolute atomic E-state index is 0.0326. The van der Waals surface area contributed by atoms with Crippen molar-refractivity contribution < 1.29 is 19.5 Å². The average Bonchev–Trinajstić information content (AvgIpc) is 2.36. The number of nitrogens with one attached hydrogen (secondary N) is 1. The van der Waals surface area contributed by atoms with E-state index in [0.717, 1.165) is 0 Å². The summed E-state index contributed by atoms with van der Waals surface area (Å²) < 4.78 is 0. The number of carboxylic acid groups (broad SMARTS) is 1. The zero-order valence-electron chi connectivity index (χ0n) is 12.1. The number of amides is 3. The first-order valence-corrected chi connectivity index (χ1v) is 6.12. The van der Waals surface area contributed by atoms with Gasteiger partial charge in [0.05, 0.1) is 12.5 Å². The molecule has 3 amide bonds. The van der Waals surface area contributed by atoms with Crippen LogP contribution in [0.5, 0.6) is 0 Å². The van der Waals surface area contributed by atoms with Crippen molar-refractivity contribution in [2.75, 3.05) is 6.54 Å². The quantitative estimate of drug-likeness (QED) is 0.737. The van der Waals surface area contributed by atoms with Gasteiger partial charge < -0.3 is 10.0 Å². The van der Waals surface area contributed by atoms with Crippen molar-refractivity contribution >= 4 is 17.9 Å². The summed E-state index contributed by atoms with van der Waals surface area (Å²) in [5.41, 5.74) is -0.154. The molecule has 0 unspecified atom stereocenters. The van der Waals surface area contributed by atoms with Crippen molar-refractivity contribution in [3.05, 3.63) is 11.1 Å². The molecule has 7 heteroatoms. The van der Waals surface area contributed by atoms with Gasteiger partial charge in [-0.2, -0.15) is 5.26 Å². The second kappa shape index (κ2) is 7.94. The van der Waals surface area contributed by atoms with Gasteiger partial charge in [0.15, 0.2) is 0 Å². The van der Waals surface area contributed by atoms with Crippen LogP contribution in [-0.2, 0) is 9.59 Å². The number of nitriles is 1. The van der Waals surface area contributed by atoms with Crippen molar-refractivity contribution in [3.63, 3.8) is 0 Å². The third-order valence-electron chi connectivity index (χ3n) is 2.79. The highest BCUT2D eigenvalue weighted by Crippen LogP contribution is 2.05. The molecular weight excluding hydrogens is 262 g/mol. The number of hydrogen-bond acceptors (Lipinski definition) is 4. The molecule has 0 rings (SSSR count). The first kappa shape index (κ1) is 17.6. The van der Waals surface area contributed by atoms with Crippen LogP contribution in [0.2, 0.25) is 0 Å². The van der Waals surface area contributed by atoms with Crippen molar-refractivity contribution in [3.8, 4) is 6.07 Å². The maximum atomic E-state index is 11.9. The molecule has 0 atom stereocenters. The SMILES string of the molecule is CC(C(=O)O)=C(C)C(=O)NC(=O)N(CCC#N)C(C)C. The Morgan fingerprint density at radius 2 is 1.80 bits per heavy atom. The zero-order chi connectivity index (χ0) is 15.9. The Hall–Kier alpha value is -2.36. The van der Waals surface area contributed by atoms with Gasteiger partial charge in [0.1, 0.15) is 0 Å². The minimum Gasteiger partial charge on any atom is -0.478 e. The Morgan fingerprint density at radius 3 is 2.20 bits per heavy atom. The molecular formula is C13H19N3O4. The standard InChI is InChI=1S/C13H19N3O4/c1-8(2)16(7-5-6-14)13(20)15-11(17)9(3)10(4)12(18)19/h8H,5,7H2,1-4H3,(H,18,19)(H,15,17,20). The average molecular weight is 281 g/mol.